The average Bonchev–Trinajstić information content (AvgIpc) is 3.10. The first kappa shape index (κ1) is 25.7. The van der Waals surface area contributed by atoms with Gasteiger partial charge in [0.1, 0.15) is 48.8 Å². The summed E-state index contributed by atoms with van der Waals surface area (Å²) in [7, 11) is 0. The maximum Gasteiger partial charge on any atom is 0.225 e. The molecule has 11 atom stereocenters. The largest absolute Gasteiger partial charge is 0.394 e. The zero-order chi connectivity index (χ0) is 23.7. The van der Waals surface area contributed by atoms with Gasteiger partial charge in [0.2, 0.25) is 5.91 Å². The zero-order valence-corrected chi connectivity index (χ0v) is 18.2. The van der Waals surface area contributed by atoms with Gasteiger partial charge in [0.25, 0.3) is 0 Å². The Bertz CT molecular complexity index is 633. The van der Waals surface area contributed by atoms with Gasteiger partial charge in [-0.2, -0.15) is 0 Å². The molecular weight excluding hydrogens is 430 g/mol. The summed E-state index contributed by atoms with van der Waals surface area (Å²) in [6.45, 7) is 3.14. The predicted octanol–water partition coefficient (Wildman–Crippen LogP) is -3.49. The van der Waals surface area contributed by atoms with Crippen molar-refractivity contribution in [3.63, 3.8) is 0 Å². The average molecular weight is 465 g/mol. The van der Waals surface area contributed by atoms with Crippen LogP contribution in [-0.4, -0.2) is 128 Å². The van der Waals surface area contributed by atoms with E-state index in [0.717, 1.165) is 6.42 Å². The van der Waals surface area contributed by atoms with Gasteiger partial charge in [-0.15, -0.1) is 0 Å². The van der Waals surface area contributed by atoms with Gasteiger partial charge in [-0.25, -0.2) is 0 Å². The summed E-state index contributed by atoms with van der Waals surface area (Å²) in [5.74, 6) is 0.250. The van der Waals surface area contributed by atoms with E-state index in [-0.39, 0.29) is 11.8 Å². The van der Waals surface area contributed by atoms with Crippen LogP contribution in [0.25, 0.3) is 0 Å². The molecule has 1 amide bonds. The lowest BCUT2D eigenvalue weighted by Crippen LogP contribution is -2.66. The van der Waals surface area contributed by atoms with E-state index in [9.17, 15) is 40.5 Å². The van der Waals surface area contributed by atoms with Crippen LogP contribution in [-0.2, 0) is 19.0 Å². The Morgan fingerprint density at radius 1 is 0.938 bits per heavy atom. The highest BCUT2D eigenvalue weighted by atomic mass is 16.7. The Morgan fingerprint density at radius 3 is 2.19 bits per heavy atom. The molecule has 1 unspecified atom stereocenters. The maximum absolute atomic E-state index is 12.5. The van der Waals surface area contributed by atoms with Crippen LogP contribution in [0.15, 0.2) is 0 Å². The minimum atomic E-state index is -1.73. The van der Waals surface area contributed by atoms with E-state index in [2.05, 4.69) is 0 Å². The molecule has 7 N–H and O–H groups in total. The van der Waals surface area contributed by atoms with Crippen LogP contribution in [0, 0.1) is 11.8 Å². The number of ether oxygens (including phenoxy) is 3. The van der Waals surface area contributed by atoms with Crippen molar-refractivity contribution in [1.82, 2.24) is 4.90 Å². The number of rotatable bonds is 7. The van der Waals surface area contributed by atoms with E-state index in [0.29, 0.717) is 18.9 Å². The number of carbonyl (C=O) groups excluding carboxylic acids is 1. The van der Waals surface area contributed by atoms with Crippen molar-refractivity contribution in [2.75, 3.05) is 19.8 Å². The van der Waals surface area contributed by atoms with Gasteiger partial charge in [-0.05, 0) is 18.3 Å². The van der Waals surface area contributed by atoms with Gasteiger partial charge in [0.15, 0.2) is 12.5 Å². The molecular formula is C20H35NO11. The number of aliphatic hydroxyl groups excluding tert-OH is 7. The third-order valence-corrected chi connectivity index (χ3v) is 6.33. The minimum absolute atomic E-state index is 0.0890. The number of amides is 1. The van der Waals surface area contributed by atoms with E-state index in [1.807, 2.05) is 13.8 Å². The van der Waals surface area contributed by atoms with Crippen molar-refractivity contribution in [3.05, 3.63) is 0 Å². The molecule has 3 aliphatic heterocycles. The van der Waals surface area contributed by atoms with Crippen LogP contribution in [0.4, 0.5) is 0 Å². The molecule has 0 bridgehead atoms. The molecule has 3 heterocycles. The van der Waals surface area contributed by atoms with E-state index in [1.54, 1.807) is 0 Å². The lowest BCUT2D eigenvalue weighted by molar-refractivity contribution is -0.347. The molecule has 0 aromatic heterocycles. The summed E-state index contributed by atoms with van der Waals surface area (Å²) in [5, 5.41) is 70.5. The summed E-state index contributed by atoms with van der Waals surface area (Å²) < 4.78 is 16.6. The van der Waals surface area contributed by atoms with Gasteiger partial charge in [0.05, 0.1) is 13.2 Å². The molecule has 0 aromatic carbocycles. The molecule has 0 spiro atoms. The normalized spacial score (nSPS) is 45.6. The summed E-state index contributed by atoms with van der Waals surface area (Å²) >= 11 is 0. The van der Waals surface area contributed by atoms with E-state index in [4.69, 9.17) is 14.2 Å². The van der Waals surface area contributed by atoms with Crippen LogP contribution in [0.2, 0.25) is 0 Å². The second kappa shape index (κ2) is 10.6. The molecule has 12 nitrogen and oxygen atoms in total. The van der Waals surface area contributed by atoms with Gasteiger partial charge in [-0.3, -0.25) is 4.79 Å². The summed E-state index contributed by atoms with van der Waals surface area (Å²) in [6, 6.07) is 0. The van der Waals surface area contributed by atoms with Crippen LogP contribution in [0.5, 0.6) is 0 Å². The number of aliphatic hydroxyl groups is 7. The van der Waals surface area contributed by atoms with Gasteiger partial charge in [-0.1, -0.05) is 13.8 Å². The monoisotopic (exact) mass is 465 g/mol. The quantitative estimate of drug-likeness (QED) is 0.198. The van der Waals surface area contributed by atoms with Crippen molar-refractivity contribution < 1.29 is 54.8 Å². The van der Waals surface area contributed by atoms with Crippen molar-refractivity contribution in [1.29, 1.82) is 0 Å². The molecule has 0 radical (unpaired) electrons. The molecule has 3 saturated heterocycles. The lowest BCUT2D eigenvalue weighted by atomic mass is 9.95. The molecule has 186 valence electrons. The molecule has 3 fully saturated rings. The Kier molecular flexibility index (Phi) is 8.47. The molecule has 0 saturated carbocycles. The number of carbonyl (C=O) groups is 1. The smallest absolute Gasteiger partial charge is 0.225 e. The van der Waals surface area contributed by atoms with E-state index < -0.39 is 74.6 Å². The highest BCUT2D eigenvalue weighted by Gasteiger charge is 2.52. The molecule has 12 heteroatoms. The standard InChI is InChI=1S/C20H35NO11/c1-8(2)3-9-4-12(24)21(5-9)19-16(28)15(27)18(11(7-23)30-19)32-20-17(29)14(26)13(25)10(6-22)31-20/h8-11,13-20,22-23,25-29H,3-7H2,1-2H3/t9-,10+,11+,13-,14-,15?,16+,17+,18+,19-,20+/m0/s1. The van der Waals surface area contributed by atoms with Gasteiger partial charge < -0.3 is 54.9 Å². The fraction of sp³-hybridized carbons (Fsp3) is 0.950. The topological polar surface area (TPSA) is 190 Å². The molecule has 0 aliphatic carbocycles. The number of likely N-dealkylation sites (tertiary alicyclic amines) is 1. The third-order valence-electron chi connectivity index (χ3n) is 6.33. The zero-order valence-electron chi connectivity index (χ0n) is 18.2. The third kappa shape index (κ3) is 5.09. The summed E-state index contributed by atoms with van der Waals surface area (Å²) in [5.41, 5.74) is 0. The van der Waals surface area contributed by atoms with Gasteiger partial charge >= 0.3 is 0 Å². The first-order valence-corrected chi connectivity index (χ1v) is 11.0. The highest BCUT2D eigenvalue weighted by molar-refractivity contribution is 5.79. The minimum Gasteiger partial charge on any atom is -0.394 e. The number of hydrogen-bond acceptors (Lipinski definition) is 11. The Balaban J connectivity index is 1.71. The molecule has 3 aliphatic rings. The van der Waals surface area contributed by atoms with Crippen LogP contribution in [0.3, 0.4) is 0 Å². The van der Waals surface area contributed by atoms with E-state index in [1.165, 1.54) is 4.90 Å². The fourth-order valence-corrected chi connectivity index (χ4v) is 4.71. The maximum atomic E-state index is 12.5. The summed E-state index contributed by atoms with van der Waals surface area (Å²) in [4.78, 5) is 13.9. The van der Waals surface area contributed by atoms with Crippen LogP contribution in [0.1, 0.15) is 26.7 Å². The fourth-order valence-electron chi connectivity index (χ4n) is 4.71. The predicted molar refractivity (Wildman–Crippen MR) is 106 cm³/mol. The van der Waals surface area contributed by atoms with Crippen LogP contribution < -0.4 is 0 Å². The lowest BCUT2D eigenvalue weighted by Gasteiger charge is -2.47. The molecule has 3 rings (SSSR count). The van der Waals surface area contributed by atoms with Crippen molar-refractivity contribution >= 4 is 5.91 Å². The number of nitrogens with zero attached hydrogens (tertiary/aromatic N) is 1. The van der Waals surface area contributed by atoms with Crippen molar-refractivity contribution in [2.24, 2.45) is 11.8 Å². The van der Waals surface area contributed by atoms with Crippen molar-refractivity contribution in [3.8, 4) is 0 Å². The highest BCUT2D eigenvalue weighted by Crippen LogP contribution is 2.33. The van der Waals surface area contributed by atoms with E-state index >= 15 is 0 Å². The Morgan fingerprint density at radius 2 is 1.59 bits per heavy atom. The Hall–Kier alpha value is -0.930. The summed E-state index contributed by atoms with van der Waals surface area (Å²) in [6.07, 6.45) is -13.7. The van der Waals surface area contributed by atoms with Crippen LogP contribution >= 0.6 is 0 Å². The molecule has 32 heavy (non-hydrogen) atoms. The Labute approximate surface area is 185 Å². The van der Waals surface area contributed by atoms with Crippen molar-refractivity contribution in [2.45, 2.75) is 88.0 Å². The molecule has 0 aromatic rings. The second-order valence-electron chi connectivity index (χ2n) is 9.27. The second-order valence-corrected chi connectivity index (χ2v) is 9.27. The number of hydrogen-bond donors (Lipinski definition) is 7. The SMILES string of the molecule is CC(C)C[C@H]1CC(=O)N([C@H]2O[C@H](CO)[C@@H](O[C@H]3O[C@H](CO)[C@H](O)[C@H](O)[C@H]3O)C(O)[C@H]2O)C1. The first-order valence-electron chi connectivity index (χ1n) is 11.0. The van der Waals surface area contributed by atoms with Gasteiger partial charge in [0, 0.05) is 13.0 Å². The first-order chi connectivity index (χ1) is 15.1.